The number of anilines is 1. The highest BCUT2D eigenvalue weighted by Gasteiger charge is 2.26. The van der Waals surface area contributed by atoms with Gasteiger partial charge in [-0.05, 0) is 67.9 Å². The molecule has 5 aromatic rings. The van der Waals surface area contributed by atoms with E-state index in [-0.39, 0.29) is 29.7 Å². The number of nitrogens with zero attached hydrogens (tertiary/aromatic N) is 3. The van der Waals surface area contributed by atoms with Gasteiger partial charge in [0.05, 0.1) is 51.1 Å². The summed E-state index contributed by atoms with van der Waals surface area (Å²) < 4.78 is 60.1. The molecule has 0 saturated carbocycles. The summed E-state index contributed by atoms with van der Waals surface area (Å²) in [5.41, 5.74) is -3.02. The summed E-state index contributed by atoms with van der Waals surface area (Å²) >= 11 is 0. The number of rotatable bonds is 12. The maximum Gasteiger partial charge on any atom is 0.335 e. The molecule has 0 aliphatic rings. The maximum absolute atomic E-state index is 15.1. The largest absolute Gasteiger partial charge is 0.480 e. The number of sulfonamides is 1. The molecule has 0 saturated heterocycles. The van der Waals surface area contributed by atoms with Crippen molar-refractivity contribution in [2.75, 3.05) is 11.3 Å². The monoisotopic (exact) mass is 750 g/mol. The van der Waals surface area contributed by atoms with Gasteiger partial charge in [0.2, 0.25) is 0 Å². The fourth-order valence-electron chi connectivity index (χ4n) is 5.18. The number of aliphatic hydroxyl groups excluding tert-OH is 1. The first kappa shape index (κ1) is 38.0. The lowest BCUT2D eigenvalue weighted by molar-refractivity contribution is -0.139. The zero-order valence-electron chi connectivity index (χ0n) is 28.3. The van der Waals surface area contributed by atoms with Crippen LogP contribution < -0.4 is 26.6 Å². The number of aryl methyl sites for hydroxylation is 1. The Labute approximate surface area is 299 Å². The Balaban J connectivity index is 1.29. The van der Waals surface area contributed by atoms with Crippen molar-refractivity contribution in [1.29, 1.82) is 0 Å². The Hall–Kier alpha value is -6.27. The third-order valence-corrected chi connectivity index (χ3v) is 9.51. The summed E-state index contributed by atoms with van der Waals surface area (Å²) in [5, 5.41) is 24.1. The van der Waals surface area contributed by atoms with Gasteiger partial charge in [0, 0.05) is 31.3 Å². The number of hydrogen-bond acceptors (Lipinski definition) is 9. The molecule has 2 aromatic heterocycles. The van der Waals surface area contributed by atoms with Gasteiger partial charge in [0.1, 0.15) is 17.7 Å². The van der Waals surface area contributed by atoms with Gasteiger partial charge in [-0.2, -0.15) is 0 Å². The predicted molar refractivity (Wildman–Crippen MR) is 187 cm³/mol. The fraction of sp³-hybridized carbons (Fsp3) is 0.200. The van der Waals surface area contributed by atoms with E-state index in [9.17, 15) is 42.6 Å². The average Bonchev–Trinajstić information content (AvgIpc) is 3.12. The normalized spacial score (nSPS) is 12.3. The van der Waals surface area contributed by atoms with Crippen molar-refractivity contribution in [3.8, 4) is 5.69 Å². The van der Waals surface area contributed by atoms with E-state index < -0.39 is 78.4 Å². The number of aromatic nitrogens is 3. The molecule has 276 valence electrons. The summed E-state index contributed by atoms with van der Waals surface area (Å²) in [6, 6.07) is 10.8. The number of halogens is 2. The van der Waals surface area contributed by atoms with E-state index >= 15 is 8.78 Å². The van der Waals surface area contributed by atoms with Crippen LogP contribution >= 0.6 is 0 Å². The first-order valence-electron chi connectivity index (χ1n) is 15.7. The standard InChI is InChI=1S/C35H32F2N6O9S/c1-35(2,18-44)40-30(45)20-6-10-22(11-7-20)53(51,52)41-27-16-25(36)24(15-26(27)37)31(46)39-28(33(48)49)14-19-4-8-21(9-5-19)43-32(47)23-12-13-38-17-29(23)42(3)34(43)50/h4-13,15-17,28,41,44H,14,18H2,1-3H3,(H,39,46)(H,40,45)(H,48,49)/t28-/m0/s1. The quantitative estimate of drug-likeness (QED) is 0.125. The lowest BCUT2D eigenvalue weighted by atomic mass is 10.0. The number of aliphatic hydroxyl groups is 1. The van der Waals surface area contributed by atoms with Crippen LogP contribution in [0.3, 0.4) is 0 Å². The van der Waals surface area contributed by atoms with Gasteiger partial charge in [-0.3, -0.25) is 28.7 Å². The number of carbonyl (C=O) groups is 3. The summed E-state index contributed by atoms with van der Waals surface area (Å²) in [4.78, 5) is 67.0. The van der Waals surface area contributed by atoms with Crippen LogP contribution in [-0.4, -0.2) is 68.7 Å². The zero-order chi connectivity index (χ0) is 38.8. The highest BCUT2D eigenvalue weighted by molar-refractivity contribution is 7.92. The number of pyridine rings is 1. The van der Waals surface area contributed by atoms with Gasteiger partial charge in [-0.15, -0.1) is 0 Å². The van der Waals surface area contributed by atoms with E-state index in [0.29, 0.717) is 23.2 Å². The zero-order valence-corrected chi connectivity index (χ0v) is 29.1. The van der Waals surface area contributed by atoms with E-state index in [2.05, 4.69) is 15.6 Å². The second kappa shape index (κ2) is 14.8. The van der Waals surface area contributed by atoms with E-state index in [0.717, 1.165) is 16.7 Å². The second-order valence-electron chi connectivity index (χ2n) is 12.5. The van der Waals surface area contributed by atoms with Crippen molar-refractivity contribution in [2.45, 2.75) is 36.7 Å². The molecule has 0 radical (unpaired) electrons. The van der Waals surface area contributed by atoms with E-state index in [1.54, 1.807) is 13.8 Å². The Morgan fingerprint density at radius 1 is 0.943 bits per heavy atom. The summed E-state index contributed by atoms with van der Waals surface area (Å²) in [7, 11) is -3.04. The summed E-state index contributed by atoms with van der Waals surface area (Å²) in [6.45, 7) is 2.80. The van der Waals surface area contributed by atoms with Gasteiger partial charge in [0.25, 0.3) is 27.4 Å². The number of carbonyl (C=O) groups excluding carboxylic acids is 2. The van der Waals surface area contributed by atoms with E-state index in [1.165, 1.54) is 66.5 Å². The van der Waals surface area contributed by atoms with Crippen LogP contribution in [0.4, 0.5) is 14.5 Å². The van der Waals surface area contributed by atoms with Gasteiger partial charge in [0.15, 0.2) is 0 Å². The summed E-state index contributed by atoms with van der Waals surface area (Å²) in [6.07, 6.45) is 2.46. The van der Waals surface area contributed by atoms with Crippen molar-refractivity contribution in [3.63, 3.8) is 0 Å². The van der Waals surface area contributed by atoms with Gasteiger partial charge >= 0.3 is 11.7 Å². The molecular weight excluding hydrogens is 718 g/mol. The lowest BCUT2D eigenvalue weighted by Gasteiger charge is -2.23. The smallest absolute Gasteiger partial charge is 0.335 e. The molecule has 2 heterocycles. The SMILES string of the molecule is Cn1c(=O)n(-c2ccc(C[C@H](NC(=O)c3cc(F)c(NS(=O)(=O)c4ccc(C(=O)NC(C)(C)CO)cc4)cc3F)C(=O)O)cc2)c(=O)c2ccncc21. The van der Waals surface area contributed by atoms with Crippen LogP contribution in [0.1, 0.15) is 40.1 Å². The minimum Gasteiger partial charge on any atom is -0.480 e. The number of aliphatic carboxylic acids is 1. The molecule has 0 unspecified atom stereocenters. The maximum atomic E-state index is 15.1. The van der Waals surface area contributed by atoms with Gasteiger partial charge in [-0.1, -0.05) is 12.1 Å². The molecular formula is C35H32F2N6O9S. The van der Waals surface area contributed by atoms with Crippen molar-refractivity contribution >= 4 is 44.4 Å². The van der Waals surface area contributed by atoms with Crippen molar-refractivity contribution in [2.24, 2.45) is 7.05 Å². The van der Waals surface area contributed by atoms with E-state index in [4.69, 9.17) is 0 Å². The highest BCUT2D eigenvalue weighted by Crippen LogP contribution is 2.24. The molecule has 3 aromatic carbocycles. The molecule has 18 heteroatoms. The topological polar surface area (TPSA) is 219 Å². The molecule has 0 aliphatic carbocycles. The van der Waals surface area contributed by atoms with Crippen LogP contribution in [0.5, 0.6) is 0 Å². The number of benzene rings is 3. The molecule has 2 amide bonds. The number of carboxylic acid groups (broad SMARTS) is 1. The number of amides is 2. The van der Waals surface area contributed by atoms with Gasteiger partial charge in [-0.25, -0.2) is 31.4 Å². The Morgan fingerprint density at radius 3 is 2.23 bits per heavy atom. The van der Waals surface area contributed by atoms with Crippen molar-refractivity contribution < 1.29 is 41.8 Å². The third kappa shape index (κ3) is 8.13. The fourth-order valence-corrected chi connectivity index (χ4v) is 6.24. The molecule has 0 fully saturated rings. The predicted octanol–water partition coefficient (Wildman–Crippen LogP) is 2.09. The van der Waals surface area contributed by atoms with Crippen LogP contribution in [0.2, 0.25) is 0 Å². The molecule has 53 heavy (non-hydrogen) atoms. The van der Waals surface area contributed by atoms with Crippen molar-refractivity contribution in [1.82, 2.24) is 24.8 Å². The number of carboxylic acids is 1. The van der Waals surface area contributed by atoms with Crippen LogP contribution in [0, 0.1) is 11.6 Å². The van der Waals surface area contributed by atoms with Gasteiger partial charge < -0.3 is 20.8 Å². The molecule has 5 rings (SSSR count). The third-order valence-electron chi connectivity index (χ3n) is 8.13. The molecule has 5 N–H and O–H groups in total. The second-order valence-corrected chi connectivity index (χ2v) is 14.2. The molecule has 1 atom stereocenters. The molecule has 0 aliphatic heterocycles. The number of hydrogen-bond donors (Lipinski definition) is 5. The van der Waals surface area contributed by atoms with Crippen LogP contribution in [0.25, 0.3) is 16.6 Å². The van der Waals surface area contributed by atoms with Crippen LogP contribution in [0.15, 0.2) is 93.6 Å². The number of fused-ring (bicyclic) bond motifs is 1. The first-order valence-corrected chi connectivity index (χ1v) is 17.1. The Morgan fingerprint density at radius 2 is 1.60 bits per heavy atom. The molecule has 0 spiro atoms. The highest BCUT2D eigenvalue weighted by atomic mass is 32.2. The average molecular weight is 751 g/mol. The van der Waals surface area contributed by atoms with Crippen LogP contribution in [-0.2, 0) is 28.3 Å². The summed E-state index contributed by atoms with van der Waals surface area (Å²) in [5.74, 6) is -6.13. The molecule has 0 bridgehead atoms. The molecule has 15 nitrogen and oxygen atoms in total. The first-order chi connectivity index (χ1) is 24.9. The number of nitrogens with one attached hydrogen (secondary N) is 3. The van der Waals surface area contributed by atoms with Crippen molar-refractivity contribution in [3.05, 3.63) is 128 Å². The van der Waals surface area contributed by atoms with E-state index in [1.807, 2.05) is 4.72 Å². The lowest BCUT2D eigenvalue weighted by Crippen LogP contribution is -2.46. The minimum atomic E-state index is -4.52. The Bertz CT molecular complexity index is 2480. The minimum absolute atomic E-state index is 0.0674. The Kier molecular flexibility index (Phi) is 10.6.